The Morgan fingerprint density at radius 2 is 1.93 bits per heavy atom. The third kappa shape index (κ3) is 7.59. The van der Waals surface area contributed by atoms with E-state index in [0.717, 1.165) is 50.5 Å². The van der Waals surface area contributed by atoms with Gasteiger partial charge in [0, 0.05) is 52.0 Å². The van der Waals surface area contributed by atoms with Crippen LogP contribution in [-0.2, 0) is 6.54 Å². The van der Waals surface area contributed by atoms with Crippen LogP contribution in [0.3, 0.4) is 0 Å². The monoisotopic (exact) mass is 514 g/mol. The van der Waals surface area contributed by atoms with Crippen molar-refractivity contribution in [2.75, 3.05) is 44.7 Å². The fraction of sp³-hybridized carbons (Fsp3) is 0.727. The van der Waals surface area contributed by atoms with Crippen molar-refractivity contribution in [2.24, 2.45) is 4.99 Å². The van der Waals surface area contributed by atoms with Gasteiger partial charge in [0.05, 0.1) is 0 Å². The van der Waals surface area contributed by atoms with Gasteiger partial charge in [0.15, 0.2) is 5.96 Å². The summed E-state index contributed by atoms with van der Waals surface area (Å²) in [4.78, 5) is 14.0. The Morgan fingerprint density at radius 3 is 2.69 bits per heavy atom. The van der Waals surface area contributed by atoms with Crippen molar-refractivity contribution in [3.63, 3.8) is 0 Å². The number of rotatable bonds is 7. The van der Waals surface area contributed by atoms with Crippen LogP contribution in [-0.4, -0.2) is 61.7 Å². The quantitative estimate of drug-likeness (QED) is 0.331. The molecule has 1 aromatic rings. The number of nitrogens with zero attached hydrogens (tertiary/aromatic N) is 4. The third-order valence-electron chi connectivity index (χ3n) is 6.09. The van der Waals surface area contributed by atoms with Gasteiger partial charge >= 0.3 is 0 Å². The number of hydrogen-bond acceptors (Lipinski definition) is 4. The summed E-state index contributed by atoms with van der Waals surface area (Å²) in [6.45, 7) is 8.60. The van der Waals surface area contributed by atoms with E-state index in [4.69, 9.17) is 0 Å². The number of pyridine rings is 1. The number of halogens is 1. The molecule has 2 fully saturated rings. The number of piperidine rings is 2. The van der Waals surface area contributed by atoms with Crippen LogP contribution < -0.4 is 15.5 Å². The van der Waals surface area contributed by atoms with E-state index in [1.807, 2.05) is 13.2 Å². The molecular formula is C22H39IN6. The van der Waals surface area contributed by atoms with Crippen molar-refractivity contribution < 1.29 is 0 Å². The van der Waals surface area contributed by atoms with Gasteiger partial charge < -0.3 is 15.5 Å². The Morgan fingerprint density at radius 1 is 1.14 bits per heavy atom. The molecule has 3 heterocycles. The number of aromatic nitrogens is 1. The minimum Gasteiger partial charge on any atom is -0.357 e. The van der Waals surface area contributed by atoms with Crippen LogP contribution in [0.2, 0.25) is 0 Å². The fourth-order valence-electron chi connectivity index (χ4n) is 4.41. The summed E-state index contributed by atoms with van der Waals surface area (Å²) >= 11 is 0. The molecule has 2 saturated heterocycles. The van der Waals surface area contributed by atoms with Gasteiger partial charge in [-0.05, 0) is 62.8 Å². The lowest BCUT2D eigenvalue weighted by Crippen LogP contribution is -2.45. The van der Waals surface area contributed by atoms with Crippen LogP contribution in [0.5, 0.6) is 0 Å². The molecule has 0 amide bonds. The van der Waals surface area contributed by atoms with Gasteiger partial charge in [0.25, 0.3) is 0 Å². The Labute approximate surface area is 194 Å². The van der Waals surface area contributed by atoms with Crippen LogP contribution in [0, 0.1) is 0 Å². The standard InChI is InChI=1S/C22H38N6.HI/c1-3-20-9-5-8-13-27(20)16-12-25-22(23-2)26-18-19-10-11-24-21(17-19)28-14-6-4-7-15-28;/h10-11,17,20H,3-9,12-16,18H2,1-2H3,(H2,23,25,26);1H. The number of guanidine groups is 1. The number of anilines is 1. The summed E-state index contributed by atoms with van der Waals surface area (Å²) in [5.74, 6) is 1.99. The van der Waals surface area contributed by atoms with Crippen LogP contribution in [0.15, 0.2) is 23.3 Å². The highest BCUT2D eigenvalue weighted by Crippen LogP contribution is 2.19. The molecule has 1 aromatic heterocycles. The minimum atomic E-state index is 0. The second kappa shape index (κ2) is 13.3. The molecule has 29 heavy (non-hydrogen) atoms. The summed E-state index contributed by atoms with van der Waals surface area (Å²) in [6, 6.07) is 5.06. The summed E-state index contributed by atoms with van der Waals surface area (Å²) in [5.41, 5.74) is 1.25. The highest BCUT2D eigenvalue weighted by Gasteiger charge is 2.20. The molecule has 0 spiro atoms. The molecule has 3 rings (SSSR count). The highest BCUT2D eigenvalue weighted by molar-refractivity contribution is 14.0. The van der Waals surface area contributed by atoms with E-state index in [-0.39, 0.29) is 24.0 Å². The number of hydrogen-bond donors (Lipinski definition) is 2. The van der Waals surface area contributed by atoms with Gasteiger partial charge in [-0.2, -0.15) is 0 Å². The van der Waals surface area contributed by atoms with Gasteiger partial charge in [-0.3, -0.25) is 9.89 Å². The van der Waals surface area contributed by atoms with Crippen molar-refractivity contribution in [2.45, 2.75) is 64.5 Å². The van der Waals surface area contributed by atoms with E-state index in [9.17, 15) is 0 Å². The molecule has 0 saturated carbocycles. The zero-order valence-corrected chi connectivity index (χ0v) is 20.5. The maximum absolute atomic E-state index is 4.57. The van der Waals surface area contributed by atoms with E-state index in [0.29, 0.717) is 0 Å². The topological polar surface area (TPSA) is 55.8 Å². The average molecular weight is 515 g/mol. The maximum atomic E-state index is 4.57. The smallest absolute Gasteiger partial charge is 0.191 e. The number of likely N-dealkylation sites (tertiary alicyclic amines) is 1. The molecule has 1 unspecified atom stereocenters. The molecule has 0 bridgehead atoms. The lowest BCUT2D eigenvalue weighted by molar-refractivity contribution is 0.147. The first kappa shape index (κ1) is 24.2. The van der Waals surface area contributed by atoms with Crippen LogP contribution >= 0.6 is 24.0 Å². The zero-order chi connectivity index (χ0) is 19.6. The number of aliphatic imine (C=N–C) groups is 1. The molecule has 0 radical (unpaired) electrons. The van der Waals surface area contributed by atoms with Crippen molar-refractivity contribution in [3.8, 4) is 0 Å². The predicted molar refractivity (Wildman–Crippen MR) is 133 cm³/mol. The van der Waals surface area contributed by atoms with Gasteiger partial charge in [-0.15, -0.1) is 24.0 Å². The van der Waals surface area contributed by atoms with Gasteiger partial charge in [-0.25, -0.2) is 4.98 Å². The Bertz CT molecular complexity index is 617. The first-order valence-electron chi connectivity index (χ1n) is 11.2. The Hall–Kier alpha value is -1.09. The molecule has 0 aromatic carbocycles. The van der Waals surface area contributed by atoms with Crippen molar-refractivity contribution in [1.29, 1.82) is 0 Å². The van der Waals surface area contributed by atoms with E-state index in [1.165, 1.54) is 57.1 Å². The molecular weight excluding hydrogens is 475 g/mol. The summed E-state index contributed by atoms with van der Waals surface area (Å²) < 4.78 is 0. The SMILES string of the molecule is CCC1CCCCN1CCNC(=NC)NCc1ccnc(N2CCCCC2)c1.I. The van der Waals surface area contributed by atoms with Gasteiger partial charge in [0.1, 0.15) is 5.82 Å². The molecule has 1 atom stereocenters. The number of nitrogens with one attached hydrogen (secondary N) is 2. The molecule has 164 valence electrons. The molecule has 0 aliphatic carbocycles. The highest BCUT2D eigenvalue weighted by atomic mass is 127. The predicted octanol–water partition coefficient (Wildman–Crippen LogP) is 3.62. The normalized spacial score (nSPS) is 20.8. The maximum Gasteiger partial charge on any atom is 0.191 e. The first-order valence-corrected chi connectivity index (χ1v) is 11.2. The zero-order valence-electron chi connectivity index (χ0n) is 18.2. The summed E-state index contributed by atoms with van der Waals surface area (Å²) in [6.07, 6.45) is 11.2. The first-order chi connectivity index (χ1) is 13.8. The van der Waals surface area contributed by atoms with E-state index >= 15 is 0 Å². The van der Waals surface area contributed by atoms with Crippen molar-refractivity contribution in [1.82, 2.24) is 20.5 Å². The molecule has 6 nitrogen and oxygen atoms in total. The van der Waals surface area contributed by atoms with Gasteiger partial charge in [-0.1, -0.05) is 13.3 Å². The third-order valence-corrected chi connectivity index (χ3v) is 6.09. The van der Waals surface area contributed by atoms with Crippen LogP contribution in [0.4, 0.5) is 5.82 Å². The molecule has 2 N–H and O–H groups in total. The van der Waals surface area contributed by atoms with Crippen molar-refractivity contribution in [3.05, 3.63) is 23.9 Å². The lowest BCUT2D eigenvalue weighted by atomic mass is 10.0. The minimum absolute atomic E-state index is 0. The summed E-state index contributed by atoms with van der Waals surface area (Å²) in [7, 11) is 1.84. The Kier molecular flexibility index (Phi) is 11.1. The largest absolute Gasteiger partial charge is 0.357 e. The van der Waals surface area contributed by atoms with Crippen molar-refractivity contribution >= 4 is 35.8 Å². The second-order valence-electron chi connectivity index (χ2n) is 8.02. The Balaban J connectivity index is 0.00000300. The van der Waals surface area contributed by atoms with Crippen LogP contribution in [0.25, 0.3) is 0 Å². The summed E-state index contributed by atoms with van der Waals surface area (Å²) in [5, 5.41) is 6.93. The average Bonchev–Trinajstić information content (AvgIpc) is 2.77. The van der Waals surface area contributed by atoms with E-state index in [2.05, 4.69) is 49.5 Å². The fourth-order valence-corrected chi connectivity index (χ4v) is 4.41. The molecule has 2 aliphatic rings. The second-order valence-corrected chi connectivity index (χ2v) is 8.02. The molecule has 7 heteroatoms. The lowest BCUT2D eigenvalue weighted by Gasteiger charge is -2.35. The van der Waals surface area contributed by atoms with Crippen LogP contribution in [0.1, 0.15) is 57.4 Å². The van der Waals surface area contributed by atoms with E-state index < -0.39 is 0 Å². The van der Waals surface area contributed by atoms with E-state index in [1.54, 1.807) is 0 Å². The molecule has 2 aliphatic heterocycles. The van der Waals surface area contributed by atoms with Gasteiger partial charge in [0.2, 0.25) is 0 Å².